The van der Waals surface area contributed by atoms with Gasteiger partial charge < -0.3 is 10.1 Å². The van der Waals surface area contributed by atoms with Gasteiger partial charge in [0.25, 0.3) is 0 Å². The van der Waals surface area contributed by atoms with Gasteiger partial charge in [0.05, 0.1) is 5.03 Å². The Balaban J connectivity index is 0. The first kappa shape index (κ1) is 16.6. The molecule has 0 rings (SSSR count). The fraction of sp³-hybridized carbons (Fsp3) is 0.455. The van der Waals surface area contributed by atoms with Crippen molar-refractivity contribution in [1.29, 1.82) is 0 Å². The SMILES string of the molecule is C=C/C(Cl)=C(/OCCNC)C(=C)F.CC. The van der Waals surface area contributed by atoms with E-state index >= 15 is 0 Å². The summed E-state index contributed by atoms with van der Waals surface area (Å²) >= 11 is 5.62. The molecule has 0 unspecified atom stereocenters. The average Bonchev–Trinajstić information content (AvgIpc) is 2.26. The second-order valence-electron chi connectivity index (χ2n) is 2.24. The molecule has 0 atom stereocenters. The minimum atomic E-state index is -0.694. The van der Waals surface area contributed by atoms with Crippen LogP contribution in [0.4, 0.5) is 4.39 Å². The molecule has 0 aliphatic carbocycles. The smallest absolute Gasteiger partial charge is 0.172 e. The van der Waals surface area contributed by atoms with E-state index < -0.39 is 5.83 Å². The van der Waals surface area contributed by atoms with Gasteiger partial charge in [-0.05, 0) is 13.1 Å². The van der Waals surface area contributed by atoms with Gasteiger partial charge in [-0.1, -0.05) is 38.6 Å². The van der Waals surface area contributed by atoms with Crippen LogP contribution in [0.3, 0.4) is 0 Å². The van der Waals surface area contributed by atoms with Crippen molar-refractivity contribution >= 4 is 11.6 Å². The van der Waals surface area contributed by atoms with E-state index in [4.69, 9.17) is 16.3 Å². The highest BCUT2D eigenvalue weighted by molar-refractivity contribution is 6.31. The average molecular weight is 236 g/mol. The molecular formula is C11H19ClFNO. The number of halogens is 2. The Morgan fingerprint density at radius 3 is 2.40 bits per heavy atom. The normalized spacial score (nSPS) is 10.7. The molecule has 0 bridgehead atoms. The van der Waals surface area contributed by atoms with Crippen LogP contribution in [-0.2, 0) is 4.74 Å². The Bertz CT molecular complexity index is 227. The Hall–Kier alpha value is -0.800. The van der Waals surface area contributed by atoms with E-state index in [9.17, 15) is 4.39 Å². The lowest BCUT2D eigenvalue weighted by molar-refractivity contribution is 0.211. The maximum atomic E-state index is 12.7. The second kappa shape index (κ2) is 11.3. The number of ether oxygens (including phenoxy) is 1. The molecule has 0 aromatic carbocycles. The van der Waals surface area contributed by atoms with Crippen molar-refractivity contribution in [2.45, 2.75) is 13.8 Å². The van der Waals surface area contributed by atoms with Crippen molar-refractivity contribution in [3.05, 3.63) is 35.9 Å². The summed E-state index contributed by atoms with van der Waals surface area (Å²) in [5.41, 5.74) is 0. The molecular weight excluding hydrogens is 217 g/mol. The van der Waals surface area contributed by atoms with Gasteiger partial charge in [0.15, 0.2) is 11.6 Å². The van der Waals surface area contributed by atoms with Crippen LogP contribution in [0.1, 0.15) is 13.8 Å². The molecule has 0 saturated carbocycles. The van der Waals surface area contributed by atoms with Crippen LogP contribution in [0.15, 0.2) is 35.9 Å². The molecule has 0 amide bonds. The third-order valence-corrected chi connectivity index (χ3v) is 1.57. The molecule has 4 heteroatoms. The summed E-state index contributed by atoms with van der Waals surface area (Å²) < 4.78 is 17.7. The highest BCUT2D eigenvalue weighted by Gasteiger charge is 2.07. The van der Waals surface area contributed by atoms with Crippen molar-refractivity contribution in [2.75, 3.05) is 20.2 Å². The first-order valence-corrected chi connectivity index (χ1v) is 5.15. The molecule has 0 aromatic rings. The molecule has 0 radical (unpaired) electrons. The number of nitrogens with one attached hydrogen (secondary N) is 1. The van der Waals surface area contributed by atoms with Gasteiger partial charge in [-0.25, -0.2) is 4.39 Å². The summed E-state index contributed by atoms with van der Waals surface area (Å²) in [5.74, 6) is -0.743. The Morgan fingerprint density at radius 2 is 2.07 bits per heavy atom. The number of rotatable bonds is 6. The molecule has 0 fully saturated rings. The van der Waals surface area contributed by atoms with Crippen LogP contribution in [-0.4, -0.2) is 20.2 Å². The summed E-state index contributed by atoms with van der Waals surface area (Å²) in [6.45, 7) is 11.4. The maximum absolute atomic E-state index is 12.7. The highest BCUT2D eigenvalue weighted by Crippen LogP contribution is 2.19. The summed E-state index contributed by atoms with van der Waals surface area (Å²) in [7, 11) is 1.77. The van der Waals surface area contributed by atoms with E-state index in [0.29, 0.717) is 13.2 Å². The summed E-state index contributed by atoms with van der Waals surface area (Å²) in [6.07, 6.45) is 1.31. The van der Waals surface area contributed by atoms with Gasteiger partial charge in [0.2, 0.25) is 0 Å². The number of hydrogen-bond acceptors (Lipinski definition) is 2. The number of allylic oxidation sites excluding steroid dienone is 3. The monoisotopic (exact) mass is 235 g/mol. The van der Waals surface area contributed by atoms with Gasteiger partial charge in [0, 0.05) is 6.54 Å². The standard InChI is InChI=1S/C9H13ClFNO.C2H6/c1-4-8(10)9(7(2)11)13-6-5-12-3;1-2/h4,12H,1-2,5-6H2,3H3;1-2H3/b9-8-;. The molecule has 0 aliphatic rings. The fourth-order valence-corrected chi connectivity index (χ4v) is 0.782. The first-order valence-electron chi connectivity index (χ1n) is 4.77. The molecule has 1 N–H and O–H groups in total. The lowest BCUT2D eigenvalue weighted by atomic mass is 10.4. The maximum Gasteiger partial charge on any atom is 0.172 e. The van der Waals surface area contributed by atoms with Gasteiger partial charge in [-0.3, -0.25) is 0 Å². The molecule has 0 spiro atoms. The van der Waals surface area contributed by atoms with E-state index in [1.54, 1.807) is 7.05 Å². The van der Waals surface area contributed by atoms with Crippen LogP contribution in [0, 0.1) is 0 Å². The molecule has 15 heavy (non-hydrogen) atoms. The second-order valence-corrected chi connectivity index (χ2v) is 2.65. The van der Waals surface area contributed by atoms with E-state index in [1.807, 2.05) is 13.8 Å². The predicted molar refractivity (Wildman–Crippen MR) is 64.6 cm³/mol. The van der Waals surface area contributed by atoms with Gasteiger partial charge in [-0.2, -0.15) is 0 Å². The van der Waals surface area contributed by atoms with Gasteiger partial charge in [-0.15, -0.1) is 0 Å². The molecule has 88 valence electrons. The topological polar surface area (TPSA) is 21.3 Å². The quantitative estimate of drug-likeness (QED) is 0.433. The summed E-state index contributed by atoms with van der Waals surface area (Å²) in [6, 6.07) is 0. The zero-order valence-electron chi connectivity index (χ0n) is 9.57. The fourth-order valence-electron chi connectivity index (χ4n) is 0.625. The summed E-state index contributed by atoms with van der Waals surface area (Å²) in [5, 5.41) is 2.98. The van der Waals surface area contributed by atoms with Crippen molar-refractivity contribution in [3.8, 4) is 0 Å². The van der Waals surface area contributed by atoms with E-state index in [2.05, 4.69) is 18.5 Å². The molecule has 0 heterocycles. The summed E-state index contributed by atoms with van der Waals surface area (Å²) in [4.78, 5) is 0. The van der Waals surface area contributed by atoms with Crippen LogP contribution in [0.25, 0.3) is 0 Å². The van der Waals surface area contributed by atoms with Crippen LogP contribution >= 0.6 is 11.6 Å². The zero-order chi connectivity index (χ0) is 12.3. The van der Waals surface area contributed by atoms with Crippen LogP contribution in [0.5, 0.6) is 0 Å². The van der Waals surface area contributed by atoms with E-state index in [0.717, 1.165) is 0 Å². The van der Waals surface area contributed by atoms with Crippen molar-refractivity contribution in [2.24, 2.45) is 0 Å². The lowest BCUT2D eigenvalue weighted by Crippen LogP contribution is -2.14. The number of hydrogen-bond donors (Lipinski definition) is 1. The minimum Gasteiger partial charge on any atom is -0.488 e. The van der Waals surface area contributed by atoms with Gasteiger partial charge in [0.1, 0.15) is 6.61 Å². The van der Waals surface area contributed by atoms with Crippen LogP contribution in [0.2, 0.25) is 0 Å². The number of likely N-dealkylation sites (N-methyl/N-ethyl adjacent to an activating group) is 1. The van der Waals surface area contributed by atoms with E-state index in [1.165, 1.54) is 6.08 Å². The first-order chi connectivity index (χ1) is 7.13. The van der Waals surface area contributed by atoms with E-state index in [-0.39, 0.29) is 10.8 Å². The third-order valence-electron chi connectivity index (χ3n) is 1.24. The Labute approximate surface area is 96.5 Å². The zero-order valence-corrected chi connectivity index (χ0v) is 10.3. The highest BCUT2D eigenvalue weighted by atomic mass is 35.5. The third kappa shape index (κ3) is 8.21. The molecule has 0 saturated heterocycles. The molecule has 0 aliphatic heterocycles. The van der Waals surface area contributed by atoms with Crippen molar-refractivity contribution in [3.63, 3.8) is 0 Å². The van der Waals surface area contributed by atoms with Gasteiger partial charge >= 0.3 is 0 Å². The lowest BCUT2D eigenvalue weighted by Gasteiger charge is -2.08. The largest absolute Gasteiger partial charge is 0.488 e. The van der Waals surface area contributed by atoms with Crippen LogP contribution < -0.4 is 5.32 Å². The minimum absolute atomic E-state index is 0.0492. The van der Waals surface area contributed by atoms with Crippen molar-refractivity contribution in [1.82, 2.24) is 5.32 Å². The Morgan fingerprint density at radius 1 is 1.53 bits per heavy atom. The molecule has 0 aromatic heterocycles. The Kier molecular flexibility index (Phi) is 12.5. The van der Waals surface area contributed by atoms with Crippen molar-refractivity contribution < 1.29 is 9.13 Å². The predicted octanol–water partition coefficient (Wildman–Crippen LogP) is 3.37. The molecule has 2 nitrogen and oxygen atoms in total.